The lowest BCUT2D eigenvalue weighted by molar-refractivity contribution is -0.870. The van der Waals surface area contributed by atoms with Gasteiger partial charge in [-0.2, -0.15) is 0 Å². The van der Waals surface area contributed by atoms with Gasteiger partial charge in [-0.25, -0.2) is 0 Å². The van der Waals surface area contributed by atoms with Crippen LogP contribution in [0.25, 0.3) is 0 Å². The predicted molar refractivity (Wildman–Crippen MR) is 67.0 cm³/mol. The molecule has 0 aliphatic rings. The number of carboxylic acid groups (broad SMARTS) is 1. The maximum absolute atomic E-state index is 9.65. The summed E-state index contributed by atoms with van der Waals surface area (Å²) in [6, 6.07) is 0. The molecule has 0 heterocycles. The fourth-order valence-corrected chi connectivity index (χ4v) is 1.16. The Morgan fingerprint density at radius 1 is 1.00 bits per heavy atom. The van der Waals surface area contributed by atoms with Crippen LogP contribution in [-0.4, -0.2) is 38.1 Å². The molecular formula is C13H29NO2. The van der Waals surface area contributed by atoms with Gasteiger partial charge in [0.2, 0.25) is 0 Å². The molecule has 0 radical (unpaired) electrons. The highest BCUT2D eigenvalue weighted by Crippen LogP contribution is 1.98. The fraction of sp³-hybridized carbons (Fsp3) is 0.923. The fourth-order valence-electron chi connectivity index (χ4n) is 1.16. The van der Waals surface area contributed by atoms with E-state index in [4.69, 9.17) is 0 Å². The van der Waals surface area contributed by atoms with E-state index in [1.54, 1.807) is 0 Å². The van der Waals surface area contributed by atoms with Crippen LogP contribution in [0.4, 0.5) is 0 Å². The number of aliphatic carboxylic acids is 1. The van der Waals surface area contributed by atoms with Crippen molar-refractivity contribution in [2.75, 3.05) is 27.7 Å². The van der Waals surface area contributed by atoms with Gasteiger partial charge in [-0.15, -0.1) is 0 Å². The largest absolute Gasteiger partial charge is 0.550 e. The van der Waals surface area contributed by atoms with Crippen molar-refractivity contribution in [2.45, 2.75) is 52.4 Å². The van der Waals surface area contributed by atoms with Gasteiger partial charge in [0, 0.05) is 5.97 Å². The van der Waals surface area contributed by atoms with Crippen molar-refractivity contribution < 1.29 is 14.4 Å². The molecule has 0 aromatic rings. The SMILES string of the molecule is CCCCC(=O)[O-].CCCCC[N+](C)(C)C. The van der Waals surface area contributed by atoms with Crippen molar-refractivity contribution in [3.8, 4) is 0 Å². The summed E-state index contributed by atoms with van der Waals surface area (Å²) >= 11 is 0. The molecule has 0 rings (SSSR count). The summed E-state index contributed by atoms with van der Waals surface area (Å²) in [6.07, 6.45) is 5.96. The van der Waals surface area contributed by atoms with Crippen LogP contribution in [0.3, 0.4) is 0 Å². The Kier molecular flexibility index (Phi) is 12.2. The molecule has 0 saturated carbocycles. The van der Waals surface area contributed by atoms with E-state index in [-0.39, 0.29) is 6.42 Å². The zero-order valence-electron chi connectivity index (χ0n) is 11.7. The molecule has 16 heavy (non-hydrogen) atoms. The number of carbonyl (C=O) groups excluding carboxylic acids is 1. The smallest absolute Gasteiger partial charge is 0.0780 e. The molecule has 0 spiro atoms. The number of hydrogen-bond donors (Lipinski definition) is 0. The number of carboxylic acids is 1. The molecule has 0 bridgehead atoms. The molecule has 0 aliphatic heterocycles. The first-order valence-electron chi connectivity index (χ1n) is 6.33. The highest BCUT2D eigenvalue weighted by molar-refractivity contribution is 5.63. The molecule has 98 valence electrons. The summed E-state index contributed by atoms with van der Waals surface area (Å²) in [5, 5.41) is 9.65. The zero-order chi connectivity index (χ0) is 13.0. The maximum atomic E-state index is 9.65. The maximum Gasteiger partial charge on any atom is 0.0780 e. The standard InChI is InChI=1S/C8H20N.C5H10O2/c1-5-6-7-8-9(2,3)4;1-2-3-4-5(6)7/h5-8H2,1-4H3;2-4H2,1H3,(H,6,7)/q+1;/p-1. The summed E-state index contributed by atoms with van der Waals surface area (Å²) in [5.74, 6) is -0.943. The van der Waals surface area contributed by atoms with Crippen molar-refractivity contribution >= 4 is 5.97 Å². The van der Waals surface area contributed by atoms with Crippen LogP contribution in [0.5, 0.6) is 0 Å². The topological polar surface area (TPSA) is 40.1 Å². The molecule has 3 heteroatoms. The zero-order valence-corrected chi connectivity index (χ0v) is 11.7. The number of quaternary nitrogens is 1. The first kappa shape index (κ1) is 17.8. The first-order valence-corrected chi connectivity index (χ1v) is 6.33. The summed E-state index contributed by atoms with van der Waals surface area (Å²) in [7, 11) is 6.74. The molecule has 0 aromatic carbocycles. The molecule has 0 unspecified atom stereocenters. The Labute approximate surface area is 101 Å². The predicted octanol–water partition coefficient (Wildman–Crippen LogP) is 1.81. The van der Waals surface area contributed by atoms with Gasteiger partial charge in [-0.1, -0.05) is 26.7 Å². The minimum Gasteiger partial charge on any atom is -0.550 e. The number of hydrogen-bond acceptors (Lipinski definition) is 2. The quantitative estimate of drug-likeness (QED) is 0.495. The van der Waals surface area contributed by atoms with Crippen LogP contribution in [-0.2, 0) is 4.79 Å². The average molecular weight is 231 g/mol. The Bertz CT molecular complexity index is 162. The van der Waals surface area contributed by atoms with Crippen molar-refractivity contribution in [3.63, 3.8) is 0 Å². The van der Waals surface area contributed by atoms with E-state index >= 15 is 0 Å². The molecule has 3 nitrogen and oxygen atoms in total. The lowest BCUT2D eigenvalue weighted by Gasteiger charge is -2.23. The molecule has 0 fully saturated rings. The second-order valence-electron chi connectivity index (χ2n) is 5.20. The van der Waals surface area contributed by atoms with Gasteiger partial charge >= 0.3 is 0 Å². The van der Waals surface area contributed by atoms with Gasteiger partial charge in [-0.3, -0.25) is 0 Å². The van der Waals surface area contributed by atoms with Crippen LogP contribution in [0.2, 0.25) is 0 Å². The van der Waals surface area contributed by atoms with Gasteiger partial charge in [0.25, 0.3) is 0 Å². The van der Waals surface area contributed by atoms with Gasteiger partial charge < -0.3 is 14.4 Å². The normalized spacial score (nSPS) is 10.6. The Morgan fingerprint density at radius 2 is 1.50 bits per heavy atom. The van der Waals surface area contributed by atoms with Crippen LogP contribution in [0, 0.1) is 0 Å². The number of carbonyl (C=O) groups is 1. The van der Waals surface area contributed by atoms with E-state index in [1.807, 2.05) is 6.92 Å². The molecule has 0 amide bonds. The van der Waals surface area contributed by atoms with E-state index < -0.39 is 5.97 Å². The summed E-state index contributed by atoms with van der Waals surface area (Å²) in [6.45, 7) is 5.51. The molecule has 0 N–H and O–H groups in total. The highest BCUT2D eigenvalue weighted by Gasteiger charge is 2.03. The Hall–Kier alpha value is -0.570. The lowest BCUT2D eigenvalue weighted by atomic mass is 10.2. The van der Waals surface area contributed by atoms with E-state index in [9.17, 15) is 9.90 Å². The molecule has 0 aliphatic carbocycles. The molecular weight excluding hydrogens is 202 g/mol. The van der Waals surface area contributed by atoms with Crippen LogP contribution >= 0.6 is 0 Å². The third-order valence-electron chi connectivity index (χ3n) is 2.17. The first-order chi connectivity index (χ1) is 7.33. The second-order valence-corrected chi connectivity index (χ2v) is 5.20. The summed E-state index contributed by atoms with van der Waals surface area (Å²) in [4.78, 5) is 9.65. The third kappa shape index (κ3) is 23.3. The van der Waals surface area contributed by atoms with E-state index in [1.165, 1.54) is 25.8 Å². The van der Waals surface area contributed by atoms with Crippen LogP contribution < -0.4 is 5.11 Å². The van der Waals surface area contributed by atoms with Crippen LogP contribution in [0.1, 0.15) is 52.4 Å². The minimum atomic E-state index is -0.943. The lowest BCUT2D eigenvalue weighted by Crippen LogP contribution is -2.35. The van der Waals surface area contributed by atoms with E-state index in [0.29, 0.717) is 0 Å². The summed E-state index contributed by atoms with van der Waals surface area (Å²) in [5.41, 5.74) is 0. The third-order valence-corrected chi connectivity index (χ3v) is 2.17. The molecule has 0 atom stereocenters. The van der Waals surface area contributed by atoms with Crippen molar-refractivity contribution in [1.82, 2.24) is 0 Å². The van der Waals surface area contributed by atoms with Gasteiger partial charge in [0.1, 0.15) is 0 Å². The van der Waals surface area contributed by atoms with E-state index in [0.717, 1.165) is 17.3 Å². The average Bonchev–Trinajstić information content (AvgIpc) is 2.14. The molecule has 0 aromatic heterocycles. The summed E-state index contributed by atoms with van der Waals surface area (Å²) < 4.78 is 1.11. The van der Waals surface area contributed by atoms with Crippen molar-refractivity contribution in [2.24, 2.45) is 0 Å². The number of unbranched alkanes of at least 4 members (excludes halogenated alkanes) is 3. The van der Waals surface area contributed by atoms with Gasteiger partial charge in [-0.05, 0) is 25.7 Å². The Balaban J connectivity index is 0. The van der Waals surface area contributed by atoms with Crippen LogP contribution in [0.15, 0.2) is 0 Å². The minimum absolute atomic E-state index is 0.205. The van der Waals surface area contributed by atoms with Gasteiger partial charge in [0.15, 0.2) is 0 Å². The molecule has 0 saturated heterocycles. The number of rotatable bonds is 7. The highest BCUT2D eigenvalue weighted by atomic mass is 16.4. The van der Waals surface area contributed by atoms with E-state index in [2.05, 4.69) is 28.1 Å². The van der Waals surface area contributed by atoms with Crippen molar-refractivity contribution in [3.05, 3.63) is 0 Å². The monoisotopic (exact) mass is 231 g/mol. The number of nitrogens with zero attached hydrogens (tertiary/aromatic N) is 1. The Morgan fingerprint density at radius 3 is 1.75 bits per heavy atom. The second kappa shape index (κ2) is 10.9. The van der Waals surface area contributed by atoms with Crippen molar-refractivity contribution in [1.29, 1.82) is 0 Å². The van der Waals surface area contributed by atoms with Gasteiger partial charge in [0.05, 0.1) is 27.7 Å².